The highest BCUT2D eigenvalue weighted by molar-refractivity contribution is 7.89. The van der Waals surface area contributed by atoms with Gasteiger partial charge in [0.15, 0.2) is 0 Å². The summed E-state index contributed by atoms with van der Waals surface area (Å²) in [4.78, 5) is 4.49. The maximum absolute atomic E-state index is 13.2. The highest BCUT2D eigenvalue weighted by atomic mass is 32.2. The van der Waals surface area contributed by atoms with Crippen molar-refractivity contribution in [1.29, 1.82) is 0 Å². The molecule has 1 unspecified atom stereocenters. The molecule has 1 aromatic heterocycles. The fourth-order valence-corrected chi connectivity index (χ4v) is 4.91. The Kier molecular flexibility index (Phi) is 4.75. The molecule has 0 N–H and O–H groups in total. The third kappa shape index (κ3) is 3.50. The lowest BCUT2D eigenvalue weighted by Crippen LogP contribution is -2.38. The van der Waals surface area contributed by atoms with E-state index in [1.807, 2.05) is 30.3 Å². The van der Waals surface area contributed by atoms with E-state index in [4.69, 9.17) is 4.52 Å². The fraction of sp³-hybridized carbons (Fsp3) is 0.263. The number of nitrogens with zero attached hydrogens (tertiary/aromatic N) is 3. The van der Waals surface area contributed by atoms with Gasteiger partial charge in [0.2, 0.25) is 21.7 Å². The zero-order valence-electron chi connectivity index (χ0n) is 14.5. The predicted octanol–water partition coefficient (Wildman–Crippen LogP) is 3.79. The van der Waals surface area contributed by atoms with Gasteiger partial charge in [-0.1, -0.05) is 41.9 Å². The molecular formula is C19H18FN3O3S. The van der Waals surface area contributed by atoms with E-state index in [0.717, 1.165) is 30.5 Å². The van der Waals surface area contributed by atoms with Crippen LogP contribution in [0.15, 0.2) is 64.0 Å². The third-order valence-corrected chi connectivity index (χ3v) is 6.56. The van der Waals surface area contributed by atoms with E-state index in [2.05, 4.69) is 10.1 Å². The van der Waals surface area contributed by atoms with Gasteiger partial charge in [-0.15, -0.1) is 0 Å². The van der Waals surface area contributed by atoms with Gasteiger partial charge in [-0.2, -0.15) is 9.29 Å². The second-order valence-electron chi connectivity index (χ2n) is 6.40. The van der Waals surface area contributed by atoms with Crippen LogP contribution in [0.25, 0.3) is 11.4 Å². The van der Waals surface area contributed by atoms with Gasteiger partial charge in [-0.25, -0.2) is 12.8 Å². The number of sulfonamides is 1. The number of halogens is 1. The van der Waals surface area contributed by atoms with Gasteiger partial charge in [0.1, 0.15) is 11.9 Å². The average Bonchev–Trinajstić information content (AvgIpc) is 3.19. The molecule has 0 amide bonds. The summed E-state index contributed by atoms with van der Waals surface area (Å²) in [7, 11) is -3.79. The number of benzene rings is 2. The summed E-state index contributed by atoms with van der Waals surface area (Å²) in [6.45, 7) is 0.355. The van der Waals surface area contributed by atoms with Crippen molar-refractivity contribution in [2.45, 2.75) is 30.2 Å². The van der Waals surface area contributed by atoms with Crippen molar-refractivity contribution in [3.8, 4) is 11.4 Å². The first-order valence-electron chi connectivity index (χ1n) is 8.72. The van der Waals surface area contributed by atoms with E-state index >= 15 is 0 Å². The second kappa shape index (κ2) is 7.21. The first-order chi connectivity index (χ1) is 13.1. The van der Waals surface area contributed by atoms with Gasteiger partial charge >= 0.3 is 0 Å². The van der Waals surface area contributed by atoms with Crippen LogP contribution in [0, 0.1) is 5.82 Å². The zero-order valence-corrected chi connectivity index (χ0v) is 15.3. The Hall–Kier alpha value is -2.58. The van der Waals surface area contributed by atoms with Crippen molar-refractivity contribution in [3.05, 3.63) is 66.3 Å². The maximum Gasteiger partial charge on any atom is 0.245 e. The Morgan fingerprint density at radius 3 is 2.52 bits per heavy atom. The molecule has 1 atom stereocenters. The lowest BCUT2D eigenvalue weighted by molar-refractivity contribution is 0.204. The predicted molar refractivity (Wildman–Crippen MR) is 96.6 cm³/mol. The number of aromatic nitrogens is 2. The number of hydrogen-bond donors (Lipinski definition) is 0. The van der Waals surface area contributed by atoms with Crippen LogP contribution in [-0.4, -0.2) is 29.4 Å². The molecular weight excluding hydrogens is 369 g/mol. The minimum atomic E-state index is -3.79. The molecule has 6 nitrogen and oxygen atoms in total. The number of hydrogen-bond acceptors (Lipinski definition) is 5. The highest BCUT2D eigenvalue weighted by Crippen LogP contribution is 2.35. The van der Waals surface area contributed by atoms with Gasteiger partial charge in [0, 0.05) is 12.1 Å². The van der Waals surface area contributed by atoms with Gasteiger partial charge in [-0.05, 0) is 37.1 Å². The molecule has 4 rings (SSSR count). The summed E-state index contributed by atoms with van der Waals surface area (Å²) < 4.78 is 46.1. The molecule has 1 fully saturated rings. The Morgan fingerprint density at radius 1 is 1.04 bits per heavy atom. The molecule has 0 radical (unpaired) electrons. The Balaban J connectivity index is 1.67. The summed E-state index contributed by atoms with van der Waals surface area (Å²) in [5.74, 6) is 0.225. The quantitative estimate of drug-likeness (QED) is 0.681. The van der Waals surface area contributed by atoms with Gasteiger partial charge in [0.25, 0.3) is 0 Å². The molecule has 27 heavy (non-hydrogen) atoms. The van der Waals surface area contributed by atoms with E-state index in [1.165, 1.54) is 16.4 Å². The topological polar surface area (TPSA) is 76.3 Å². The van der Waals surface area contributed by atoms with Gasteiger partial charge in [-0.3, -0.25) is 0 Å². The summed E-state index contributed by atoms with van der Waals surface area (Å²) in [5.41, 5.74) is 0.802. The van der Waals surface area contributed by atoms with Gasteiger partial charge < -0.3 is 4.52 Å². The van der Waals surface area contributed by atoms with E-state index < -0.39 is 21.9 Å². The first-order valence-corrected chi connectivity index (χ1v) is 10.2. The minimum absolute atomic E-state index is 0.0543. The van der Waals surface area contributed by atoms with Crippen molar-refractivity contribution in [3.63, 3.8) is 0 Å². The summed E-state index contributed by atoms with van der Waals surface area (Å²) >= 11 is 0. The van der Waals surface area contributed by atoms with Crippen molar-refractivity contribution in [1.82, 2.24) is 14.4 Å². The largest absolute Gasteiger partial charge is 0.337 e. The molecule has 1 aliphatic heterocycles. The third-order valence-electron chi connectivity index (χ3n) is 4.63. The lowest BCUT2D eigenvalue weighted by Gasteiger charge is -2.32. The number of piperidine rings is 1. The van der Waals surface area contributed by atoms with Crippen LogP contribution in [0.2, 0.25) is 0 Å². The highest BCUT2D eigenvalue weighted by Gasteiger charge is 2.37. The van der Waals surface area contributed by atoms with Crippen LogP contribution in [0.5, 0.6) is 0 Å². The van der Waals surface area contributed by atoms with E-state index in [0.29, 0.717) is 18.8 Å². The van der Waals surface area contributed by atoms with Crippen LogP contribution in [0.3, 0.4) is 0 Å². The van der Waals surface area contributed by atoms with E-state index in [1.54, 1.807) is 0 Å². The molecule has 0 aliphatic carbocycles. The molecule has 1 aliphatic rings. The molecule has 140 valence electrons. The van der Waals surface area contributed by atoms with Gasteiger partial charge in [0.05, 0.1) is 4.90 Å². The average molecular weight is 387 g/mol. The molecule has 2 aromatic carbocycles. The molecule has 0 bridgehead atoms. The maximum atomic E-state index is 13.2. The normalized spacial score (nSPS) is 18.5. The summed E-state index contributed by atoms with van der Waals surface area (Å²) in [6, 6.07) is 13.7. The number of rotatable bonds is 4. The van der Waals surface area contributed by atoms with Crippen molar-refractivity contribution >= 4 is 10.0 Å². The van der Waals surface area contributed by atoms with Crippen molar-refractivity contribution in [2.24, 2.45) is 0 Å². The SMILES string of the molecule is O=S(=O)(c1ccc(F)cc1)N1CCCCC1c1nc(-c2ccccc2)no1. The van der Waals surface area contributed by atoms with Crippen molar-refractivity contribution in [2.75, 3.05) is 6.54 Å². The fourth-order valence-electron chi connectivity index (χ4n) is 3.26. The van der Waals surface area contributed by atoms with E-state index in [9.17, 15) is 12.8 Å². The summed E-state index contributed by atoms with van der Waals surface area (Å²) in [5, 5.41) is 4.01. The summed E-state index contributed by atoms with van der Waals surface area (Å²) in [6.07, 6.45) is 2.20. The molecule has 2 heterocycles. The Labute approximate surface area is 156 Å². The first kappa shape index (κ1) is 17.8. The molecule has 3 aromatic rings. The zero-order chi connectivity index (χ0) is 18.9. The Bertz CT molecular complexity index is 1020. The molecule has 8 heteroatoms. The van der Waals surface area contributed by atoms with Crippen LogP contribution in [-0.2, 0) is 10.0 Å². The molecule has 0 saturated carbocycles. The van der Waals surface area contributed by atoms with Crippen LogP contribution >= 0.6 is 0 Å². The smallest absolute Gasteiger partial charge is 0.245 e. The van der Waals surface area contributed by atoms with Crippen LogP contribution in [0.4, 0.5) is 4.39 Å². The minimum Gasteiger partial charge on any atom is -0.337 e. The van der Waals surface area contributed by atoms with E-state index in [-0.39, 0.29) is 10.8 Å². The molecule has 0 spiro atoms. The van der Waals surface area contributed by atoms with Crippen molar-refractivity contribution < 1.29 is 17.3 Å². The monoisotopic (exact) mass is 387 g/mol. The standard InChI is InChI=1S/C19H18FN3O3S/c20-15-9-11-16(12-10-15)27(24,25)23-13-5-4-8-17(23)19-21-18(22-26-19)14-6-2-1-3-7-14/h1-3,6-7,9-12,17H,4-5,8,13H2. The van der Waals surface area contributed by atoms with Crippen LogP contribution in [0.1, 0.15) is 31.2 Å². The van der Waals surface area contributed by atoms with Crippen LogP contribution < -0.4 is 0 Å². The Morgan fingerprint density at radius 2 is 1.78 bits per heavy atom. The second-order valence-corrected chi connectivity index (χ2v) is 8.29. The lowest BCUT2D eigenvalue weighted by atomic mass is 10.1. The molecule has 1 saturated heterocycles.